The Labute approximate surface area is 129 Å². The molecule has 1 heterocycles. The van der Waals surface area contributed by atoms with Gasteiger partial charge in [0.25, 0.3) is 0 Å². The van der Waals surface area contributed by atoms with E-state index in [1.807, 2.05) is 0 Å². The van der Waals surface area contributed by atoms with Crippen LogP contribution >= 0.6 is 0 Å². The van der Waals surface area contributed by atoms with Crippen molar-refractivity contribution in [2.24, 2.45) is 0 Å². The molecule has 1 aromatic carbocycles. The van der Waals surface area contributed by atoms with Gasteiger partial charge in [-0.1, -0.05) is 19.1 Å². The van der Waals surface area contributed by atoms with E-state index in [1.165, 1.54) is 37.1 Å². The van der Waals surface area contributed by atoms with E-state index in [0.29, 0.717) is 0 Å². The minimum atomic E-state index is 0.761. The molecule has 1 aromatic rings. The first-order valence-corrected chi connectivity index (χ1v) is 8.35. The molecule has 0 aliphatic carbocycles. The minimum Gasteiger partial charge on any atom is -0.493 e. The molecule has 1 fully saturated rings. The van der Waals surface area contributed by atoms with E-state index < -0.39 is 0 Å². The standard InChI is InChI=1S/C18H30N2O/c1-4-20(17-8-10-19-11-9-17)12-5-13-21-18-14-15(2)6-7-16(18)3/h6-7,14,17,19H,4-5,8-13H2,1-3H3. The van der Waals surface area contributed by atoms with Crippen molar-refractivity contribution in [1.82, 2.24) is 10.2 Å². The minimum absolute atomic E-state index is 0.761. The van der Waals surface area contributed by atoms with Gasteiger partial charge in [0.05, 0.1) is 6.61 Å². The van der Waals surface area contributed by atoms with Crippen molar-refractivity contribution in [3.05, 3.63) is 29.3 Å². The molecule has 0 radical (unpaired) electrons. The van der Waals surface area contributed by atoms with E-state index in [0.717, 1.165) is 37.9 Å². The number of piperidine rings is 1. The van der Waals surface area contributed by atoms with E-state index in [4.69, 9.17) is 4.74 Å². The van der Waals surface area contributed by atoms with Crippen molar-refractivity contribution >= 4 is 0 Å². The molecule has 2 rings (SSSR count). The van der Waals surface area contributed by atoms with Crippen LogP contribution in [0.5, 0.6) is 5.75 Å². The third-order valence-corrected chi connectivity index (χ3v) is 4.42. The molecule has 1 aliphatic heterocycles. The highest BCUT2D eigenvalue weighted by molar-refractivity contribution is 5.35. The van der Waals surface area contributed by atoms with E-state index in [2.05, 4.69) is 49.2 Å². The van der Waals surface area contributed by atoms with Gasteiger partial charge in [-0.15, -0.1) is 0 Å². The van der Waals surface area contributed by atoms with Crippen LogP contribution in [0.4, 0.5) is 0 Å². The van der Waals surface area contributed by atoms with Crippen molar-refractivity contribution in [2.45, 2.75) is 46.1 Å². The molecular formula is C18H30N2O. The number of nitrogens with zero attached hydrogens (tertiary/aromatic N) is 1. The first kappa shape index (κ1) is 16.3. The summed E-state index contributed by atoms with van der Waals surface area (Å²) in [5, 5.41) is 3.44. The summed E-state index contributed by atoms with van der Waals surface area (Å²) < 4.78 is 5.96. The van der Waals surface area contributed by atoms with Crippen LogP contribution in [0.15, 0.2) is 18.2 Å². The van der Waals surface area contributed by atoms with Crippen LogP contribution in [-0.2, 0) is 0 Å². The molecule has 1 saturated heterocycles. The van der Waals surface area contributed by atoms with Gasteiger partial charge >= 0.3 is 0 Å². The summed E-state index contributed by atoms with van der Waals surface area (Å²) in [7, 11) is 0. The van der Waals surface area contributed by atoms with Crippen molar-refractivity contribution in [2.75, 3.05) is 32.8 Å². The quantitative estimate of drug-likeness (QED) is 0.781. The fourth-order valence-corrected chi connectivity index (χ4v) is 3.08. The highest BCUT2D eigenvalue weighted by atomic mass is 16.5. The Morgan fingerprint density at radius 2 is 2.00 bits per heavy atom. The van der Waals surface area contributed by atoms with Gasteiger partial charge in [0.1, 0.15) is 5.75 Å². The fraction of sp³-hybridized carbons (Fsp3) is 0.667. The van der Waals surface area contributed by atoms with Gasteiger partial charge in [-0.05, 0) is 69.9 Å². The predicted molar refractivity (Wildman–Crippen MR) is 89.2 cm³/mol. The molecular weight excluding hydrogens is 260 g/mol. The fourth-order valence-electron chi connectivity index (χ4n) is 3.08. The molecule has 21 heavy (non-hydrogen) atoms. The van der Waals surface area contributed by atoms with E-state index in [-0.39, 0.29) is 0 Å². The maximum Gasteiger partial charge on any atom is 0.122 e. The second-order valence-corrected chi connectivity index (χ2v) is 6.08. The highest BCUT2D eigenvalue weighted by Crippen LogP contribution is 2.19. The van der Waals surface area contributed by atoms with E-state index >= 15 is 0 Å². The molecule has 0 aromatic heterocycles. The molecule has 3 nitrogen and oxygen atoms in total. The Bertz CT molecular complexity index is 427. The number of nitrogens with one attached hydrogen (secondary N) is 1. The molecule has 3 heteroatoms. The van der Waals surface area contributed by atoms with Crippen LogP contribution in [0, 0.1) is 13.8 Å². The lowest BCUT2D eigenvalue weighted by molar-refractivity contribution is 0.157. The summed E-state index contributed by atoms with van der Waals surface area (Å²) in [4.78, 5) is 2.62. The van der Waals surface area contributed by atoms with Gasteiger partial charge in [0.15, 0.2) is 0 Å². The average molecular weight is 290 g/mol. The molecule has 118 valence electrons. The monoisotopic (exact) mass is 290 g/mol. The van der Waals surface area contributed by atoms with Crippen LogP contribution in [0.25, 0.3) is 0 Å². The molecule has 1 aliphatic rings. The van der Waals surface area contributed by atoms with E-state index in [9.17, 15) is 0 Å². The predicted octanol–water partition coefficient (Wildman–Crippen LogP) is 3.15. The summed E-state index contributed by atoms with van der Waals surface area (Å²) in [5.41, 5.74) is 2.49. The van der Waals surface area contributed by atoms with Crippen molar-refractivity contribution < 1.29 is 4.74 Å². The second-order valence-electron chi connectivity index (χ2n) is 6.08. The van der Waals surface area contributed by atoms with Gasteiger partial charge < -0.3 is 15.0 Å². The Kier molecular flexibility index (Phi) is 6.52. The van der Waals surface area contributed by atoms with Crippen LogP contribution in [-0.4, -0.2) is 43.7 Å². The van der Waals surface area contributed by atoms with Gasteiger partial charge in [0.2, 0.25) is 0 Å². The number of ether oxygens (including phenoxy) is 1. The number of rotatable bonds is 7. The van der Waals surface area contributed by atoms with Gasteiger partial charge in [-0.2, -0.15) is 0 Å². The molecule has 1 N–H and O–H groups in total. The van der Waals surface area contributed by atoms with Crippen molar-refractivity contribution in [3.8, 4) is 5.75 Å². The Morgan fingerprint density at radius 1 is 1.24 bits per heavy atom. The lowest BCUT2D eigenvalue weighted by Gasteiger charge is -2.33. The number of benzene rings is 1. The topological polar surface area (TPSA) is 24.5 Å². The summed E-state index contributed by atoms with van der Waals surface area (Å²) in [5.74, 6) is 1.04. The van der Waals surface area contributed by atoms with Crippen LogP contribution in [0.1, 0.15) is 37.3 Å². The molecule has 0 atom stereocenters. The first-order valence-electron chi connectivity index (χ1n) is 8.35. The van der Waals surface area contributed by atoms with Gasteiger partial charge in [-0.25, -0.2) is 0 Å². The number of hydrogen-bond donors (Lipinski definition) is 1. The highest BCUT2D eigenvalue weighted by Gasteiger charge is 2.18. The summed E-state index contributed by atoms with van der Waals surface area (Å²) in [6.07, 6.45) is 3.67. The maximum absolute atomic E-state index is 5.96. The normalized spacial score (nSPS) is 16.4. The summed E-state index contributed by atoms with van der Waals surface area (Å²) in [6, 6.07) is 7.17. The van der Waals surface area contributed by atoms with Gasteiger partial charge in [-0.3, -0.25) is 0 Å². The summed E-state index contributed by atoms with van der Waals surface area (Å²) in [6.45, 7) is 11.9. The Morgan fingerprint density at radius 3 is 2.71 bits per heavy atom. The number of aryl methyl sites for hydroxylation is 2. The Balaban J connectivity index is 1.73. The van der Waals surface area contributed by atoms with Crippen LogP contribution in [0.2, 0.25) is 0 Å². The third-order valence-electron chi connectivity index (χ3n) is 4.42. The van der Waals surface area contributed by atoms with Crippen LogP contribution < -0.4 is 10.1 Å². The zero-order valence-electron chi connectivity index (χ0n) is 13.8. The van der Waals surface area contributed by atoms with Crippen LogP contribution in [0.3, 0.4) is 0 Å². The number of hydrogen-bond acceptors (Lipinski definition) is 3. The summed E-state index contributed by atoms with van der Waals surface area (Å²) >= 11 is 0. The zero-order valence-corrected chi connectivity index (χ0v) is 13.8. The third kappa shape index (κ3) is 5.01. The average Bonchev–Trinajstić information content (AvgIpc) is 2.51. The molecule has 0 spiro atoms. The van der Waals surface area contributed by atoms with Crippen molar-refractivity contribution in [3.63, 3.8) is 0 Å². The first-order chi connectivity index (χ1) is 10.2. The second kappa shape index (κ2) is 8.40. The molecule has 0 unspecified atom stereocenters. The lowest BCUT2D eigenvalue weighted by atomic mass is 10.0. The zero-order chi connectivity index (χ0) is 15.1. The van der Waals surface area contributed by atoms with E-state index in [1.54, 1.807) is 0 Å². The van der Waals surface area contributed by atoms with Crippen molar-refractivity contribution in [1.29, 1.82) is 0 Å². The SMILES string of the molecule is CCN(CCCOc1cc(C)ccc1C)C1CCNCC1. The smallest absolute Gasteiger partial charge is 0.122 e. The molecule has 0 saturated carbocycles. The molecule has 0 amide bonds. The maximum atomic E-state index is 5.96. The lowest BCUT2D eigenvalue weighted by Crippen LogP contribution is -2.43. The largest absolute Gasteiger partial charge is 0.493 e. The van der Waals surface area contributed by atoms with Gasteiger partial charge in [0, 0.05) is 12.6 Å². The Hall–Kier alpha value is -1.06. The molecule has 0 bridgehead atoms.